The monoisotopic (exact) mass is 395 g/mol. The number of piperidine rings is 1. The topological polar surface area (TPSA) is 66.6 Å². The molecular formula is C22H25N3O2S. The minimum absolute atomic E-state index is 0.0192. The Bertz CT molecular complexity index is 850. The van der Waals surface area contributed by atoms with E-state index in [4.69, 9.17) is 5.73 Å². The van der Waals surface area contributed by atoms with Crippen molar-refractivity contribution in [3.63, 3.8) is 0 Å². The van der Waals surface area contributed by atoms with Gasteiger partial charge in [0.05, 0.1) is 5.25 Å². The summed E-state index contributed by atoms with van der Waals surface area (Å²) in [7, 11) is 0. The molecule has 2 amide bonds. The van der Waals surface area contributed by atoms with Gasteiger partial charge in [0, 0.05) is 42.7 Å². The lowest BCUT2D eigenvalue weighted by Gasteiger charge is -2.35. The number of rotatable bonds is 5. The maximum Gasteiger partial charge on any atom is 0.243 e. The summed E-state index contributed by atoms with van der Waals surface area (Å²) in [6, 6.07) is 17.9. The van der Waals surface area contributed by atoms with Gasteiger partial charge in [0.25, 0.3) is 0 Å². The number of thioether (sulfide) groups is 1. The van der Waals surface area contributed by atoms with Crippen molar-refractivity contribution in [2.75, 3.05) is 18.8 Å². The number of likely N-dealkylation sites (tertiary alicyclic amines) is 2. The minimum Gasteiger partial charge on any atom is -0.398 e. The third-order valence-electron chi connectivity index (χ3n) is 5.50. The Morgan fingerprint density at radius 2 is 1.64 bits per heavy atom. The number of nitrogens with two attached hydrogens (primary N) is 1. The Kier molecular flexibility index (Phi) is 5.69. The molecule has 0 aromatic heterocycles. The quantitative estimate of drug-likeness (QED) is 0.622. The van der Waals surface area contributed by atoms with Gasteiger partial charge in [-0.05, 0) is 30.5 Å². The number of imide groups is 1. The first-order valence-electron chi connectivity index (χ1n) is 9.75. The van der Waals surface area contributed by atoms with Gasteiger partial charge in [0.15, 0.2) is 0 Å². The van der Waals surface area contributed by atoms with Crippen LogP contribution in [-0.2, 0) is 16.1 Å². The molecule has 2 aliphatic rings. The SMILES string of the molecule is Nc1ccccc1S[C@@H]1CC(=O)N(C2CCN(Cc3ccccc3)CC2)C1=O. The zero-order chi connectivity index (χ0) is 19.5. The average Bonchev–Trinajstić information content (AvgIpc) is 2.98. The smallest absolute Gasteiger partial charge is 0.243 e. The third-order valence-corrected chi connectivity index (χ3v) is 6.78. The number of benzene rings is 2. The van der Waals surface area contributed by atoms with Gasteiger partial charge >= 0.3 is 0 Å². The van der Waals surface area contributed by atoms with E-state index >= 15 is 0 Å². The summed E-state index contributed by atoms with van der Waals surface area (Å²) in [5, 5.41) is -0.362. The van der Waals surface area contributed by atoms with Crippen LogP contribution in [0.3, 0.4) is 0 Å². The first-order valence-corrected chi connectivity index (χ1v) is 10.6. The molecule has 2 fully saturated rings. The maximum atomic E-state index is 12.9. The fourth-order valence-electron chi connectivity index (χ4n) is 4.02. The molecule has 6 heteroatoms. The summed E-state index contributed by atoms with van der Waals surface area (Å²) in [6.07, 6.45) is 1.95. The van der Waals surface area contributed by atoms with Crippen molar-refractivity contribution in [2.45, 2.75) is 42.0 Å². The van der Waals surface area contributed by atoms with Crippen molar-refractivity contribution in [1.82, 2.24) is 9.80 Å². The number of anilines is 1. The van der Waals surface area contributed by atoms with Crippen molar-refractivity contribution >= 4 is 29.3 Å². The van der Waals surface area contributed by atoms with Crippen LogP contribution < -0.4 is 5.73 Å². The number of amides is 2. The van der Waals surface area contributed by atoms with Crippen molar-refractivity contribution in [1.29, 1.82) is 0 Å². The van der Waals surface area contributed by atoms with E-state index in [2.05, 4.69) is 29.2 Å². The minimum atomic E-state index is -0.362. The predicted octanol–water partition coefficient (Wildman–Crippen LogP) is 3.15. The second kappa shape index (κ2) is 8.37. The molecule has 0 radical (unpaired) electrons. The van der Waals surface area contributed by atoms with Gasteiger partial charge in [0.1, 0.15) is 0 Å². The highest BCUT2D eigenvalue weighted by Crippen LogP contribution is 2.36. The Morgan fingerprint density at radius 3 is 2.36 bits per heavy atom. The number of nitrogens with zero attached hydrogens (tertiary/aromatic N) is 2. The third kappa shape index (κ3) is 4.08. The summed E-state index contributed by atoms with van der Waals surface area (Å²) in [5.41, 5.74) is 7.95. The van der Waals surface area contributed by atoms with Gasteiger partial charge in [0.2, 0.25) is 11.8 Å². The number of carbonyl (C=O) groups is 2. The molecule has 2 saturated heterocycles. The van der Waals surface area contributed by atoms with Crippen molar-refractivity contribution in [3.05, 3.63) is 60.2 Å². The van der Waals surface area contributed by atoms with Gasteiger partial charge in [-0.25, -0.2) is 0 Å². The highest BCUT2D eigenvalue weighted by atomic mass is 32.2. The summed E-state index contributed by atoms with van der Waals surface area (Å²) in [4.78, 5) is 30.3. The van der Waals surface area contributed by atoms with Gasteiger partial charge in [-0.15, -0.1) is 11.8 Å². The molecule has 2 aliphatic heterocycles. The number of para-hydroxylation sites is 1. The van der Waals surface area contributed by atoms with Gasteiger partial charge in [-0.3, -0.25) is 19.4 Å². The Labute approximate surface area is 169 Å². The molecule has 2 N–H and O–H groups in total. The normalized spacial score (nSPS) is 21.4. The van der Waals surface area contributed by atoms with Gasteiger partial charge in [-0.2, -0.15) is 0 Å². The van der Waals surface area contributed by atoms with Crippen LogP contribution in [0, 0.1) is 0 Å². The predicted molar refractivity (Wildman–Crippen MR) is 112 cm³/mol. The molecule has 1 atom stereocenters. The zero-order valence-electron chi connectivity index (χ0n) is 15.8. The van der Waals surface area contributed by atoms with E-state index in [1.54, 1.807) is 0 Å². The van der Waals surface area contributed by atoms with Crippen LogP contribution in [0.15, 0.2) is 59.5 Å². The highest BCUT2D eigenvalue weighted by molar-refractivity contribution is 8.00. The standard InChI is InChI=1S/C22H25N3O2S/c23-18-8-4-5-9-19(18)28-20-14-21(26)25(22(20)27)17-10-12-24(13-11-17)15-16-6-2-1-3-7-16/h1-9,17,20H,10-15,23H2/t20-/m1/s1. The molecule has 0 aliphatic carbocycles. The van der Waals surface area contributed by atoms with Crippen molar-refractivity contribution < 1.29 is 9.59 Å². The van der Waals surface area contributed by atoms with Gasteiger partial charge < -0.3 is 5.73 Å². The van der Waals surface area contributed by atoms with Crippen LogP contribution in [0.25, 0.3) is 0 Å². The molecule has 0 bridgehead atoms. The summed E-state index contributed by atoms with van der Waals surface area (Å²) in [5.74, 6) is -0.0988. The van der Waals surface area contributed by atoms with E-state index in [9.17, 15) is 9.59 Å². The number of nitrogen functional groups attached to an aromatic ring is 1. The van der Waals surface area contributed by atoms with Crippen molar-refractivity contribution in [2.24, 2.45) is 0 Å². The molecule has 28 heavy (non-hydrogen) atoms. The Morgan fingerprint density at radius 1 is 0.964 bits per heavy atom. The molecule has 0 spiro atoms. The maximum absolute atomic E-state index is 12.9. The van der Waals surface area contributed by atoms with E-state index < -0.39 is 0 Å². The summed E-state index contributed by atoms with van der Waals surface area (Å²) < 4.78 is 0. The van der Waals surface area contributed by atoms with Crippen LogP contribution in [0.2, 0.25) is 0 Å². The van der Waals surface area contributed by atoms with Gasteiger partial charge in [-0.1, -0.05) is 42.5 Å². The van der Waals surface area contributed by atoms with E-state index in [-0.39, 0.29) is 29.5 Å². The fraction of sp³-hybridized carbons (Fsp3) is 0.364. The average molecular weight is 396 g/mol. The summed E-state index contributed by atoms with van der Waals surface area (Å²) in [6.45, 7) is 2.72. The lowest BCUT2D eigenvalue weighted by Crippen LogP contribution is -2.47. The Balaban J connectivity index is 1.35. The van der Waals surface area contributed by atoms with E-state index in [1.807, 2.05) is 30.3 Å². The lowest BCUT2D eigenvalue weighted by molar-refractivity contribution is -0.142. The molecule has 4 rings (SSSR count). The highest BCUT2D eigenvalue weighted by Gasteiger charge is 2.43. The van der Waals surface area contributed by atoms with Crippen LogP contribution in [0.5, 0.6) is 0 Å². The lowest BCUT2D eigenvalue weighted by atomic mass is 10.0. The van der Waals surface area contributed by atoms with E-state index in [1.165, 1.54) is 22.2 Å². The second-order valence-corrected chi connectivity index (χ2v) is 8.69. The van der Waals surface area contributed by atoms with Crippen LogP contribution >= 0.6 is 11.8 Å². The number of hydrogen-bond acceptors (Lipinski definition) is 5. The fourth-order valence-corrected chi connectivity index (χ4v) is 5.12. The molecular weight excluding hydrogens is 370 g/mol. The summed E-state index contributed by atoms with van der Waals surface area (Å²) >= 11 is 1.41. The van der Waals surface area contributed by atoms with E-state index in [0.717, 1.165) is 37.4 Å². The molecule has 5 nitrogen and oxygen atoms in total. The molecule has 2 aromatic carbocycles. The zero-order valence-corrected chi connectivity index (χ0v) is 16.6. The Hall–Kier alpha value is -2.31. The molecule has 0 saturated carbocycles. The van der Waals surface area contributed by atoms with Crippen LogP contribution in [-0.4, -0.2) is 46.0 Å². The molecule has 2 aromatic rings. The number of carbonyl (C=O) groups excluding carboxylic acids is 2. The first kappa shape index (κ1) is 19.0. The first-order chi connectivity index (χ1) is 13.6. The molecule has 146 valence electrons. The molecule has 0 unspecified atom stereocenters. The van der Waals surface area contributed by atoms with Crippen molar-refractivity contribution in [3.8, 4) is 0 Å². The van der Waals surface area contributed by atoms with E-state index in [0.29, 0.717) is 5.69 Å². The largest absolute Gasteiger partial charge is 0.398 e. The number of hydrogen-bond donors (Lipinski definition) is 1. The van der Waals surface area contributed by atoms with Crippen LogP contribution in [0.1, 0.15) is 24.8 Å². The molecule has 2 heterocycles. The van der Waals surface area contributed by atoms with Crippen LogP contribution in [0.4, 0.5) is 5.69 Å². The second-order valence-electron chi connectivity index (χ2n) is 7.44.